The minimum absolute atomic E-state index is 0.199. The maximum absolute atomic E-state index is 9.19. The standard InChI is InChI=1S/C23H29NO2/c1-16(2)26-20-7-4-17(5-8-20)18-6-9-21-19-10-12-24(11-3-13-25)23(15-19)22(21)14-18/h4-9,14,16,19,23,25H,3,10-13,15H2,1-2H3/t19?,23-/m0/s1. The largest absolute Gasteiger partial charge is 0.491 e. The van der Waals surface area contributed by atoms with Crippen molar-refractivity contribution in [2.45, 2.75) is 51.2 Å². The highest BCUT2D eigenvalue weighted by Crippen LogP contribution is 2.49. The first-order valence-electron chi connectivity index (χ1n) is 9.91. The number of aliphatic hydroxyl groups is 1. The van der Waals surface area contributed by atoms with Gasteiger partial charge in [0.15, 0.2) is 0 Å². The first-order valence-corrected chi connectivity index (χ1v) is 9.91. The number of piperidine rings is 1. The molecule has 1 unspecified atom stereocenters. The first-order chi connectivity index (χ1) is 12.7. The Labute approximate surface area is 156 Å². The van der Waals surface area contributed by atoms with Gasteiger partial charge in [0.05, 0.1) is 6.10 Å². The lowest BCUT2D eigenvalue weighted by molar-refractivity contribution is 0.139. The summed E-state index contributed by atoms with van der Waals surface area (Å²) in [7, 11) is 0. The van der Waals surface area contributed by atoms with Gasteiger partial charge in [-0.2, -0.15) is 0 Å². The fraction of sp³-hybridized carbons (Fsp3) is 0.478. The van der Waals surface area contributed by atoms with Gasteiger partial charge in [-0.15, -0.1) is 0 Å². The first kappa shape index (κ1) is 17.6. The normalized spacial score (nSPS) is 21.8. The van der Waals surface area contributed by atoms with Crippen molar-refractivity contribution in [3.8, 4) is 16.9 Å². The number of hydrogen-bond donors (Lipinski definition) is 1. The number of hydrogen-bond acceptors (Lipinski definition) is 3. The fourth-order valence-electron chi connectivity index (χ4n) is 4.57. The average molecular weight is 351 g/mol. The molecule has 2 bridgehead atoms. The van der Waals surface area contributed by atoms with Crippen LogP contribution in [0.5, 0.6) is 5.75 Å². The van der Waals surface area contributed by atoms with Crippen LogP contribution in [0.15, 0.2) is 42.5 Å². The van der Waals surface area contributed by atoms with Gasteiger partial charge in [0.2, 0.25) is 0 Å². The zero-order chi connectivity index (χ0) is 18.1. The van der Waals surface area contributed by atoms with Crippen LogP contribution >= 0.6 is 0 Å². The van der Waals surface area contributed by atoms with Crippen LogP contribution in [-0.4, -0.2) is 35.8 Å². The van der Waals surface area contributed by atoms with Gasteiger partial charge in [0, 0.05) is 19.2 Å². The Morgan fingerprint density at radius 2 is 1.85 bits per heavy atom. The zero-order valence-corrected chi connectivity index (χ0v) is 15.8. The van der Waals surface area contributed by atoms with Crippen molar-refractivity contribution in [3.63, 3.8) is 0 Å². The van der Waals surface area contributed by atoms with Gasteiger partial charge in [0.25, 0.3) is 0 Å². The molecule has 4 rings (SSSR count). The molecule has 0 radical (unpaired) electrons. The second-order valence-electron chi connectivity index (χ2n) is 7.88. The molecule has 0 spiro atoms. The fourth-order valence-corrected chi connectivity index (χ4v) is 4.57. The average Bonchev–Trinajstić information content (AvgIpc) is 2.94. The Morgan fingerprint density at radius 1 is 1.08 bits per heavy atom. The zero-order valence-electron chi connectivity index (χ0n) is 15.8. The predicted molar refractivity (Wildman–Crippen MR) is 106 cm³/mol. The van der Waals surface area contributed by atoms with Gasteiger partial charge in [-0.25, -0.2) is 0 Å². The Bertz CT molecular complexity index is 751. The van der Waals surface area contributed by atoms with Gasteiger partial charge in [0.1, 0.15) is 5.75 Å². The molecule has 0 aromatic heterocycles. The molecule has 1 saturated heterocycles. The molecule has 2 aliphatic rings. The Balaban J connectivity index is 1.59. The lowest BCUT2D eigenvalue weighted by Crippen LogP contribution is -2.33. The molecule has 3 nitrogen and oxygen atoms in total. The minimum Gasteiger partial charge on any atom is -0.491 e. The molecule has 2 aromatic carbocycles. The second kappa shape index (κ2) is 7.42. The maximum atomic E-state index is 9.19. The van der Waals surface area contributed by atoms with Gasteiger partial charge in [-0.3, -0.25) is 4.90 Å². The summed E-state index contributed by atoms with van der Waals surface area (Å²) >= 11 is 0. The van der Waals surface area contributed by atoms with Crippen LogP contribution in [0.2, 0.25) is 0 Å². The summed E-state index contributed by atoms with van der Waals surface area (Å²) in [5, 5.41) is 9.19. The third kappa shape index (κ3) is 3.38. The molecular formula is C23H29NO2. The maximum Gasteiger partial charge on any atom is 0.119 e. The topological polar surface area (TPSA) is 32.7 Å². The van der Waals surface area contributed by atoms with E-state index < -0.39 is 0 Å². The third-order valence-corrected chi connectivity index (χ3v) is 5.76. The SMILES string of the molecule is CC(C)Oc1ccc(-c2ccc3c(c2)[C@@H]2CC3CCN2CCCO)cc1. The summed E-state index contributed by atoms with van der Waals surface area (Å²) < 4.78 is 5.76. The lowest BCUT2D eigenvalue weighted by atomic mass is 9.95. The molecule has 1 aliphatic carbocycles. The van der Waals surface area contributed by atoms with Crippen LogP contribution in [0.3, 0.4) is 0 Å². The molecular weight excluding hydrogens is 322 g/mol. The van der Waals surface area contributed by atoms with Gasteiger partial charge in [-0.1, -0.05) is 24.3 Å². The summed E-state index contributed by atoms with van der Waals surface area (Å²) in [6.45, 7) is 6.54. The van der Waals surface area contributed by atoms with Crippen molar-refractivity contribution >= 4 is 0 Å². The van der Waals surface area contributed by atoms with Gasteiger partial charge >= 0.3 is 0 Å². The van der Waals surface area contributed by atoms with E-state index >= 15 is 0 Å². The van der Waals surface area contributed by atoms with Crippen molar-refractivity contribution < 1.29 is 9.84 Å². The van der Waals surface area contributed by atoms with Gasteiger partial charge < -0.3 is 9.84 Å². The summed E-state index contributed by atoms with van der Waals surface area (Å²) in [6, 6.07) is 16.0. The Morgan fingerprint density at radius 3 is 2.58 bits per heavy atom. The quantitative estimate of drug-likeness (QED) is 0.815. The number of aliphatic hydroxyl groups excluding tert-OH is 1. The number of likely N-dealkylation sites (tertiary alicyclic amines) is 1. The molecule has 3 heteroatoms. The molecule has 0 amide bonds. The van der Waals surface area contributed by atoms with Crippen LogP contribution in [-0.2, 0) is 0 Å². The van der Waals surface area contributed by atoms with Crippen molar-refractivity contribution in [1.29, 1.82) is 0 Å². The molecule has 26 heavy (non-hydrogen) atoms. The summed E-state index contributed by atoms with van der Waals surface area (Å²) in [6.07, 6.45) is 3.55. The predicted octanol–water partition coefficient (Wildman–Crippen LogP) is 4.76. The smallest absolute Gasteiger partial charge is 0.119 e. The van der Waals surface area contributed by atoms with Crippen molar-refractivity contribution in [2.75, 3.05) is 19.7 Å². The minimum atomic E-state index is 0.199. The second-order valence-corrected chi connectivity index (χ2v) is 7.88. The molecule has 2 atom stereocenters. The van der Waals surface area contributed by atoms with E-state index in [0.717, 1.165) is 31.2 Å². The van der Waals surface area contributed by atoms with Crippen molar-refractivity contribution in [1.82, 2.24) is 4.90 Å². The number of fused-ring (bicyclic) bond motifs is 5. The van der Waals surface area contributed by atoms with Crippen LogP contribution in [0.25, 0.3) is 11.1 Å². The molecule has 138 valence electrons. The number of nitrogens with zero attached hydrogens (tertiary/aromatic N) is 1. The van der Waals surface area contributed by atoms with E-state index in [1.807, 2.05) is 0 Å². The Hall–Kier alpha value is -1.84. The lowest BCUT2D eigenvalue weighted by Gasteiger charge is -2.33. The van der Waals surface area contributed by atoms with E-state index in [1.165, 1.54) is 29.5 Å². The van der Waals surface area contributed by atoms with E-state index in [2.05, 4.69) is 61.2 Å². The van der Waals surface area contributed by atoms with Gasteiger partial charge in [-0.05, 0) is 86.0 Å². The molecule has 1 fully saturated rings. The Kier molecular flexibility index (Phi) is 5.01. The van der Waals surface area contributed by atoms with E-state index in [9.17, 15) is 5.11 Å². The summed E-state index contributed by atoms with van der Waals surface area (Å²) in [5.41, 5.74) is 5.58. The summed E-state index contributed by atoms with van der Waals surface area (Å²) in [5.74, 6) is 1.65. The highest BCUT2D eigenvalue weighted by molar-refractivity contribution is 5.66. The van der Waals surface area contributed by atoms with Crippen molar-refractivity contribution in [3.05, 3.63) is 53.6 Å². The third-order valence-electron chi connectivity index (χ3n) is 5.76. The van der Waals surface area contributed by atoms with E-state index in [1.54, 1.807) is 5.56 Å². The number of rotatable bonds is 6. The van der Waals surface area contributed by atoms with Crippen LogP contribution in [0.1, 0.15) is 56.2 Å². The van der Waals surface area contributed by atoms with Crippen LogP contribution < -0.4 is 4.74 Å². The molecule has 2 aromatic rings. The van der Waals surface area contributed by atoms with E-state index in [4.69, 9.17) is 4.74 Å². The van der Waals surface area contributed by atoms with Crippen LogP contribution in [0.4, 0.5) is 0 Å². The highest BCUT2D eigenvalue weighted by Gasteiger charge is 2.38. The molecule has 0 saturated carbocycles. The van der Waals surface area contributed by atoms with E-state index in [-0.39, 0.29) is 12.7 Å². The van der Waals surface area contributed by atoms with Crippen molar-refractivity contribution in [2.24, 2.45) is 0 Å². The number of ether oxygens (including phenoxy) is 1. The molecule has 1 aliphatic heterocycles. The molecule has 1 heterocycles. The molecule has 1 N–H and O–H groups in total. The monoisotopic (exact) mass is 351 g/mol. The summed E-state index contributed by atoms with van der Waals surface area (Å²) in [4.78, 5) is 2.57. The van der Waals surface area contributed by atoms with Crippen LogP contribution in [0, 0.1) is 0 Å². The van der Waals surface area contributed by atoms with E-state index in [0.29, 0.717) is 6.04 Å². The number of benzene rings is 2. The highest BCUT2D eigenvalue weighted by atomic mass is 16.5.